The quantitative estimate of drug-likeness (QED) is 0.821. The Labute approximate surface area is 123 Å². The normalized spacial score (nSPS) is 22.9. The second kappa shape index (κ2) is 6.10. The van der Waals surface area contributed by atoms with Gasteiger partial charge >= 0.3 is 0 Å². The minimum Gasteiger partial charge on any atom is -0.368 e. The highest BCUT2D eigenvalue weighted by Crippen LogP contribution is 2.20. The summed E-state index contributed by atoms with van der Waals surface area (Å²) in [5, 5.41) is 8.98. The molecule has 0 radical (unpaired) electrons. The predicted molar refractivity (Wildman–Crippen MR) is 77.9 cm³/mol. The van der Waals surface area contributed by atoms with Gasteiger partial charge in [0, 0.05) is 19.6 Å². The van der Waals surface area contributed by atoms with E-state index in [0.29, 0.717) is 31.6 Å². The minimum absolute atomic E-state index is 0.223. The lowest BCUT2D eigenvalue weighted by Gasteiger charge is -2.31. The van der Waals surface area contributed by atoms with E-state index in [0.717, 1.165) is 25.9 Å². The highest BCUT2D eigenvalue weighted by Gasteiger charge is 2.24. The first-order valence-electron chi connectivity index (χ1n) is 7.29. The zero-order valence-electron chi connectivity index (χ0n) is 11.9. The van der Waals surface area contributed by atoms with Crippen LogP contribution in [-0.2, 0) is 4.74 Å². The first-order chi connectivity index (χ1) is 10.3. The monoisotopic (exact) mass is 289 g/mol. The van der Waals surface area contributed by atoms with E-state index in [1.165, 1.54) is 6.42 Å². The molecule has 2 aliphatic heterocycles. The number of nitrogens with two attached hydrogens (primary N) is 1. The van der Waals surface area contributed by atoms with Crippen molar-refractivity contribution in [1.29, 1.82) is 5.26 Å². The molecule has 2 N–H and O–H groups in total. The van der Waals surface area contributed by atoms with Crippen LogP contribution in [0.25, 0.3) is 0 Å². The molecule has 8 nitrogen and oxygen atoms in total. The number of nitrogens with zero attached hydrogens (tertiary/aromatic N) is 6. The Kier molecular flexibility index (Phi) is 4.01. The molecule has 112 valence electrons. The predicted octanol–water partition coefficient (Wildman–Crippen LogP) is 0.173. The van der Waals surface area contributed by atoms with Crippen molar-refractivity contribution in [3.05, 3.63) is 0 Å². The van der Waals surface area contributed by atoms with Crippen LogP contribution in [0.1, 0.15) is 19.3 Å². The topological polar surface area (TPSA) is 104 Å². The van der Waals surface area contributed by atoms with E-state index in [9.17, 15) is 0 Å². The van der Waals surface area contributed by atoms with Gasteiger partial charge in [-0.1, -0.05) is 0 Å². The van der Waals surface area contributed by atoms with E-state index in [-0.39, 0.29) is 5.95 Å². The largest absolute Gasteiger partial charge is 0.368 e. The van der Waals surface area contributed by atoms with Crippen LogP contribution in [0.3, 0.4) is 0 Å². The van der Waals surface area contributed by atoms with Gasteiger partial charge in [0.05, 0.1) is 19.2 Å². The van der Waals surface area contributed by atoms with Crippen molar-refractivity contribution in [2.45, 2.75) is 25.4 Å². The van der Waals surface area contributed by atoms with Gasteiger partial charge in [0.2, 0.25) is 17.8 Å². The van der Waals surface area contributed by atoms with Crippen molar-refractivity contribution in [2.24, 2.45) is 0 Å². The Morgan fingerprint density at radius 2 is 1.76 bits per heavy atom. The van der Waals surface area contributed by atoms with E-state index < -0.39 is 6.10 Å². The van der Waals surface area contributed by atoms with Gasteiger partial charge < -0.3 is 20.3 Å². The number of ether oxygens (including phenoxy) is 1. The molecule has 8 heteroatoms. The van der Waals surface area contributed by atoms with E-state index in [1.807, 2.05) is 4.90 Å². The molecule has 0 spiro atoms. The molecular weight excluding hydrogens is 270 g/mol. The van der Waals surface area contributed by atoms with Gasteiger partial charge in [-0.05, 0) is 19.3 Å². The number of rotatable bonds is 2. The van der Waals surface area contributed by atoms with Crippen LogP contribution in [0.5, 0.6) is 0 Å². The molecule has 2 fully saturated rings. The summed E-state index contributed by atoms with van der Waals surface area (Å²) in [6, 6.07) is 2.12. The van der Waals surface area contributed by atoms with E-state index in [2.05, 4.69) is 25.9 Å². The lowest BCUT2D eigenvalue weighted by Crippen LogP contribution is -2.43. The van der Waals surface area contributed by atoms with Gasteiger partial charge in [0.25, 0.3) is 0 Å². The molecule has 0 aromatic carbocycles. The molecule has 2 aliphatic rings. The summed E-state index contributed by atoms with van der Waals surface area (Å²) >= 11 is 0. The van der Waals surface area contributed by atoms with Crippen LogP contribution < -0.4 is 15.5 Å². The van der Waals surface area contributed by atoms with Gasteiger partial charge in [0.1, 0.15) is 0 Å². The van der Waals surface area contributed by atoms with Crippen LogP contribution in [0.4, 0.5) is 17.8 Å². The molecule has 0 aliphatic carbocycles. The number of nitriles is 1. The fraction of sp³-hybridized carbons (Fsp3) is 0.692. The average Bonchev–Trinajstić information content (AvgIpc) is 2.55. The molecule has 2 saturated heterocycles. The summed E-state index contributed by atoms with van der Waals surface area (Å²) < 4.78 is 5.34. The molecule has 0 amide bonds. The molecule has 1 aromatic heterocycles. The van der Waals surface area contributed by atoms with Gasteiger partial charge in [-0.15, -0.1) is 0 Å². The highest BCUT2D eigenvalue weighted by atomic mass is 16.5. The first-order valence-corrected chi connectivity index (χ1v) is 7.29. The maximum Gasteiger partial charge on any atom is 0.232 e. The fourth-order valence-electron chi connectivity index (χ4n) is 2.66. The lowest BCUT2D eigenvalue weighted by atomic mass is 10.1. The number of nitrogen functional groups attached to an aromatic ring is 1. The third kappa shape index (κ3) is 3.13. The van der Waals surface area contributed by atoms with E-state index >= 15 is 0 Å². The third-order valence-corrected chi connectivity index (χ3v) is 3.76. The fourth-order valence-corrected chi connectivity index (χ4v) is 2.66. The number of hydrogen-bond donors (Lipinski definition) is 1. The smallest absolute Gasteiger partial charge is 0.232 e. The highest BCUT2D eigenvalue weighted by molar-refractivity contribution is 5.44. The zero-order chi connectivity index (χ0) is 14.7. The van der Waals surface area contributed by atoms with E-state index in [1.54, 1.807) is 0 Å². The van der Waals surface area contributed by atoms with Gasteiger partial charge in [-0.2, -0.15) is 20.2 Å². The Balaban J connectivity index is 1.82. The Hall–Kier alpha value is -2.14. The average molecular weight is 289 g/mol. The minimum atomic E-state index is -0.449. The number of anilines is 3. The SMILES string of the molecule is N#CC1CN(c2nc(N)nc(N3CCCCC3)n2)CCO1. The maximum atomic E-state index is 8.98. The standard InChI is InChI=1S/C13H19N7O/c14-8-10-9-20(6-7-21-10)13-17-11(15)16-12(18-13)19-4-2-1-3-5-19/h10H,1-7,9H2,(H2,15,16,17,18). The van der Waals surface area contributed by atoms with Crippen molar-refractivity contribution in [2.75, 3.05) is 48.3 Å². The zero-order valence-corrected chi connectivity index (χ0v) is 11.9. The number of morpholine rings is 1. The second-order valence-electron chi connectivity index (χ2n) is 5.28. The van der Waals surface area contributed by atoms with Gasteiger partial charge in [0.15, 0.2) is 6.10 Å². The summed E-state index contributed by atoms with van der Waals surface area (Å²) in [6.07, 6.45) is 3.09. The number of aromatic nitrogens is 3. The van der Waals surface area contributed by atoms with Crippen molar-refractivity contribution >= 4 is 17.8 Å². The van der Waals surface area contributed by atoms with Crippen molar-refractivity contribution in [3.63, 3.8) is 0 Å². The van der Waals surface area contributed by atoms with Crippen molar-refractivity contribution < 1.29 is 4.74 Å². The molecule has 3 rings (SSSR count). The van der Waals surface area contributed by atoms with Crippen LogP contribution in [-0.4, -0.2) is 53.8 Å². The summed E-state index contributed by atoms with van der Waals surface area (Å²) in [6.45, 7) is 3.50. The molecule has 1 atom stereocenters. The second-order valence-corrected chi connectivity index (χ2v) is 5.28. The van der Waals surface area contributed by atoms with Crippen LogP contribution >= 0.6 is 0 Å². The summed E-state index contributed by atoms with van der Waals surface area (Å²) in [5.74, 6) is 1.39. The first kappa shape index (κ1) is 13.8. The van der Waals surface area contributed by atoms with Gasteiger partial charge in [-0.3, -0.25) is 0 Å². The third-order valence-electron chi connectivity index (χ3n) is 3.76. The molecular formula is C13H19N7O. The Bertz CT molecular complexity index is 538. The molecule has 0 bridgehead atoms. The number of hydrogen-bond acceptors (Lipinski definition) is 8. The van der Waals surface area contributed by atoms with Crippen LogP contribution in [0.15, 0.2) is 0 Å². The van der Waals surface area contributed by atoms with Crippen molar-refractivity contribution in [1.82, 2.24) is 15.0 Å². The molecule has 1 unspecified atom stereocenters. The van der Waals surface area contributed by atoms with Gasteiger partial charge in [-0.25, -0.2) is 0 Å². The molecule has 1 aromatic rings. The lowest BCUT2D eigenvalue weighted by molar-refractivity contribution is 0.0758. The Morgan fingerprint density at radius 3 is 2.48 bits per heavy atom. The molecule has 3 heterocycles. The maximum absolute atomic E-state index is 8.98. The van der Waals surface area contributed by atoms with Crippen LogP contribution in [0.2, 0.25) is 0 Å². The van der Waals surface area contributed by atoms with E-state index in [4.69, 9.17) is 15.7 Å². The molecule has 21 heavy (non-hydrogen) atoms. The summed E-state index contributed by atoms with van der Waals surface area (Å²) in [5.41, 5.74) is 5.83. The molecule has 0 saturated carbocycles. The summed E-state index contributed by atoms with van der Waals surface area (Å²) in [7, 11) is 0. The number of piperidine rings is 1. The van der Waals surface area contributed by atoms with Crippen LogP contribution in [0, 0.1) is 11.3 Å². The summed E-state index contributed by atoms with van der Waals surface area (Å²) in [4.78, 5) is 17.1. The van der Waals surface area contributed by atoms with Crippen molar-refractivity contribution in [3.8, 4) is 6.07 Å². The Morgan fingerprint density at radius 1 is 1.05 bits per heavy atom.